The molecule has 2 saturated heterocycles. The van der Waals surface area contributed by atoms with Crippen LogP contribution in [0.15, 0.2) is 42.5 Å². The molecule has 2 heterocycles. The van der Waals surface area contributed by atoms with Crippen LogP contribution in [0.1, 0.15) is 19.8 Å². The average Bonchev–Trinajstić information content (AvgIpc) is 3.19. The number of fused-ring (bicyclic) bond motifs is 1. The summed E-state index contributed by atoms with van der Waals surface area (Å²) in [6, 6.07) is 12.8. The molecule has 4 rings (SSSR count). The Labute approximate surface area is 180 Å². The van der Waals surface area contributed by atoms with Crippen LogP contribution in [0.25, 0.3) is 10.8 Å². The Balaban J connectivity index is 1.32. The lowest BCUT2D eigenvalue weighted by Gasteiger charge is -2.37. The van der Waals surface area contributed by atoms with Crippen LogP contribution in [0, 0.1) is 0 Å². The maximum absolute atomic E-state index is 12.7. The Morgan fingerprint density at radius 3 is 2.61 bits per heavy atom. The van der Waals surface area contributed by atoms with E-state index in [0.29, 0.717) is 31.7 Å². The fourth-order valence-corrected chi connectivity index (χ4v) is 4.20. The molecular weight excluding hydrogens is 400 g/mol. The number of carbonyl (C=O) groups excluding carboxylic acids is 3. The molecule has 8 heteroatoms. The average molecular weight is 426 g/mol. The largest absolute Gasteiger partial charge is 0.483 e. The van der Waals surface area contributed by atoms with Crippen molar-refractivity contribution in [2.45, 2.75) is 31.8 Å². The first-order chi connectivity index (χ1) is 15.1. The van der Waals surface area contributed by atoms with Crippen molar-refractivity contribution >= 4 is 28.7 Å². The fraction of sp³-hybridized carbons (Fsp3) is 0.435. The molecule has 31 heavy (non-hydrogen) atoms. The van der Waals surface area contributed by atoms with Crippen LogP contribution in [0.2, 0.25) is 0 Å². The third-order valence-electron chi connectivity index (χ3n) is 5.78. The van der Waals surface area contributed by atoms with Crippen molar-refractivity contribution in [1.82, 2.24) is 9.80 Å². The summed E-state index contributed by atoms with van der Waals surface area (Å²) in [5, 5.41) is 2.02. The summed E-state index contributed by atoms with van der Waals surface area (Å²) in [7, 11) is 0. The standard InChI is InChI=1S/C23H26N2O6/c1-2-29-22(27)19-14-31-23(28)25(19)17-10-12-24(13-11-17)21(26)15-30-20-9-5-7-16-6-3-4-8-18(16)20/h3-9,17,19H,2,10-15H2,1H3. The Morgan fingerprint density at radius 1 is 1.10 bits per heavy atom. The van der Waals surface area contributed by atoms with Gasteiger partial charge < -0.3 is 19.1 Å². The van der Waals surface area contributed by atoms with Gasteiger partial charge >= 0.3 is 12.1 Å². The SMILES string of the molecule is CCOC(=O)C1COC(=O)N1C1CCN(C(=O)COc2cccc3ccccc23)CC1. The second-order valence-corrected chi connectivity index (χ2v) is 7.63. The van der Waals surface area contributed by atoms with Gasteiger partial charge in [-0.15, -0.1) is 0 Å². The Bertz CT molecular complexity index is 964. The molecule has 0 spiro atoms. The van der Waals surface area contributed by atoms with Crippen molar-refractivity contribution in [2.24, 2.45) is 0 Å². The highest BCUT2D eigenvalue weighted by Gasteiger charge is 2.44. The van der Waals surface area contributed by atoms with Gasteiger partial charge in [-0.3, -0.25) is 9.69 Å². The van der Waals surface area contributed by atoms with Gasteiger partial charge in [-0.05, 0) is 31.2 Å². The van der Waals surface area contributed by atoms with Gasteiger partial charge in [-0.2, -0.15) is 0 Å². The van der Waals surface area contributed by atoms with E-state index in [-0.39, 0.29) is 31.8 Å². The molecule has 2 aliphatic rings. The highest BCUT2D eigenvalue weighted by molar-refractivity contribution is 5.88. The van der Waals surface area contributed by atoms with Gasteiger partial charge in [0.05, 0.1) is 6.61 Å². The van der Waals surface area contributed by atoms with Crippen molar-refractivity contribution in [3.63, 3.8) is 0 Å². The maximum atomic E-state index is 12.7. The first-order valence-corrected chi connectivity index (χ1v) is 10.6. The molecule has 2 aromatic carbocycles. The molecule has 1 unspecified atom stereocenters. The van der Waals surface area contributed by atoms with E-state index >= 15 is 0 Å². The van der Waals surface area contributed by atoms with Gasteiger partial charge in [0, 0.05) is 24.5 Å². The number of nitrogens with zero attached hydrogens (tertiary/aromatic N) is 2. The fourth-order valence-electron chi connectivity index (χ4n) is 4.20. The molecule has 0 N–H and O–H groups in total. The maximum Gasteiger partial charge on any atom is 0.410 e. The summed E-state index contributed by atoms with van der Waals surface area (Å²) in [4.78, 5) is 40.2. The molecule has 2 amide bonds. The molecule has 2 aliphatic heterocycles. The van der Waals surface area contributed by atoms with Crippen molar-refractivity contribution < 1.29 is 28.6 Å². The molecule has 8 nitrogen and oxygen atoms in total. The van der Waals surface area contributed by atoms with E-state index in [0.717, 1.165) is 10.8 Å². The first kappa shape index (κ1) is 21.0. The highest BCUT2D eigenvalue weighted by Crippen LogP contribution is 2.27. The van der Waals surface area contributed by atoms with Crippen molar-refractivity contribution in [3.05, 3.63) is 42.5 Å². The quantitative estimate of drug-likeness (QED) is 0.660. The minimum atomic E-state index is -0.714. The lowest BCUT2D eigenvalue weighted by molar-refractivity contribution is -0.149. The van der Waals surface area contributed by atoms with Gasteiger partial charge in [0.1, 0.15) is 12.4 Å². The predicted molar refractivity (Wildman–Crippen MR) is 113 cm³/mol. The number of ether oxygens (including phenoxy) is 3. The van der Waals surface area contributed by atoms with Gasteiger partial charge in [-0.1, -0.05) is 36.4 Å². The number of esters is 1. The third-order valence-corrected chi connectivity index (χ3v) is 5.78. The van der Waals surface area contributed by atoms with Crippen molar-refractivity contribution in [2.75, 3.05) is 32.9 Å². The molecule has 2 fully saturated rings. The normalized spacial score (nSPS) is 19.4. The van der Waals surface area contributed by atoms with E-state index in [1.54, 1.807) is 11.8 Å². The molecule has 0 bridgehead atoms. The molecule has 2 aromatic rings. The number of likely N-dealkylation sites (tertiary alicyclic amines) is 1. The van der Waals surface area contributed by atoms with E-state index < -0.39 is 18.1 Å². The minimum Gasteiger partial charge on any atom is -0.483 e. The number of carbonyl (C=O) groups is 3. The minimum absolute atomic E-state index is 0.00961. The van der Waals surface area contributed by atoms with Crippen LogP contribution in [0.5, 0.6) is 5.75 Å². The van der Waals surface area contributed by atoms with E-state index in [2.05, 4.69) is 0 Å². The summed E-state index contributed by atoms with van der Waals surface area (Å²) < 4.78 is 16.0. The highest BCUT2D eigenvalue weighted by atomic mass is 16.6. The first-order valence-electron chi connectivity index (χ1n) is 10.6. The van der Waals surface area contributed by atoms with Gasteiger partial charge in [0.2, 0.25) is 0 Å². The zero-order valence-corrected chi connectivity index (χ0v) is 17.5. The summed E-state index contributed by atoms with van der Waals surface area (Å²) >= 11 is 0. The lowest BCUT2D eigenvalue weighted by atomic mass is 10.0. The van der Waals surface area contributed by atoms with Crippen molar-refractivity contribution in [3.8, 4) is 5.75 Å². The van der Waals surface area contributed by atoms with Gasteiger partial charge in [0.25, 0.3) is 5.91 Å². The zero-order valence-electron chi connectivity index (χ0n) is 17.5. The van der Waals surface area contributed by atoms with Crippen LogP contribution in [-0.4, -0.2) is 72.8 Å². The van der Waals surface area contributed by atoms with Gasteiger partial charge in [0.15, 0.2) is 12.6 Å². The number of piperidine rings is 1. The van der Waals surface area contributed by atoms with Crippen LogP contribution >= 0.6 is 0 Å². The van der Waals surface area contributed by atoms with E-state index in [9.17, 15) is 14.4 Å². The third kappa shape index (κ3) is 4.42. The smallest absolute Gasteiger partial charge is 0.410 e. The predicted octanol–water partition coefficient (Wildman–Crippen LogP) is 2.59. The van der Waals surface area contributed by atoms with E-state index in [4.69, 9.17) is 14.2 Å². The Kier molecular flexibility index (Phi) is 6.25. The lowest BCUT2D eigenvalue weighted by Crippen LogP contribution is -2.52. The summed E-state index contributed by atoms with van der Waals surface area (Å²) in [6.07, 6.45) is 0.651. The number of hydrogen-bond donors (Lipinski definition) is 0. The Hall–Kier alpha value is -3.29. The molecule has 0 aliphatic carbocycles. The number of benzene rings is 2. The molecule has 0 saturated carbocycles. The van der Waals surface area contributed by atoms with Crippen LogP contribution in [0.3, 0.4) is 0 Å². The molecule has 0 radical (unpaired) electrons. The number of cyclic esters (lactones) is 1. The van der Waals surface area contributed by atoms with E-state index in [1.807, 2.05) is 42.5 Å². The van der Waals surface area contributed by atoms with E-state index in [1.165, 1.54) is 4.90 Å². The summed E-state index contributed by atoms with van der Waals surface area (Å²) in [5.74, 6) is 0.131. The Morgan fingerprint density at radius 2 is 1.84 bits per heavy atom. The molecule has 164 valence electrons. The summed E-state index contributed by atoms with van der Waals surface area (Å²) in [6.45, 7) is 2.92. The molecule has 0 aromatic heterocycles. The monoisotopic (exact) mass is 426 g/mol. The van der Waals surface area contributed by atoms with Gasteiger partial charge in [-0.25, -0.2) is 9.59 Å². The number of amides is 2. The zero-order chi connectivity index (χ0) is 21.8. The van der Waals surface area contributed by atoms with Crippen LogP contribution in [0.4, 0.5) is 4.79 Å². The number of hydrogen-bond acceptors (Lipinski definition) is 6. The van der Waals surface area contributed by atoms with Crippen molar-refractivity contribution in [1.29, 1.82) is 0 Å². The second kappa shape index (κ2) is 9.24. The van der Waals surface area contributed by atoms with Crippen LogP contribution < -0.4 is 4.74 Å². The van der Waals surface area contributed by atoms with Crippen LogP contribution in [-0.2, 0) is 19.1 Å². The summed E-state index contributed by atoms with van der Waals surface area (Å²) in [5.41, 5.74) is 0. The number of rotatable bonds is 6. The molecular formula is C23H26N2O6. The molecule has 1 atom stereocenters. The second-order valence-electron chi connectivity index (χ2n) is 7.63. The topological polar surface area (TPSA) is 85.4 Å².